The maximum absolute atomic E-state index is 10.5. The molecule has 0 aromatic carbocycles. The fourth-order valence-electron chi connectivity index (χ4n) is 0.491. The topological polar surface area (TPSA) is 80.7 Å². The zero-order chi connectivity index (χ0) is 9.07. The molecule has 11 heavy (non-hydrogen) atoms. The largest absolute Gasteiger partial charge is 0.467 e. The van der Waals surface area contributed by atoms with Gasteiger partial charge < -0.3 is 9.84 Å². The first-order chi connectivity index (χ1) is 4.87. The van der Waals surface area contributed by atoms with Crippen molar-refractivity contribution in [1.82, 2.24) is 0 Å². The Hall–Kier alpha value is -0.620. The van der Waals surface area contributed by atoms with Crippen molar-refractivity contribution in [3.8, 4) is 0 Å². The molecule has 5 nitrogen and oxygen atoms in total. The van der Waals surface area contributed by atoms with Crippen LogP contribution in [-0.4, -0.2) is 44.7 Å². The van der Waals surface area contributed by atoms with Crippen LogP contribution in [0.25, 0.3) is 0 Å². The Morgan fingerprint density at radius 1 is 1.64 bits per heavy atom. The molecule has 0 bridgehead atoms. The number of esters is 1. The van der Waals surface area contributed by atoms with Crippen LogP contribution in [0.1, 0.15) is 0 Å². The van der Waals surface area contributed by atoms with E-state index >= 15 is 0 Å². The molecular weight excluding hydrogens is 172 g/mol. The zero-order valence-electron chi connectivity index (χ0n) is 6.27. The quantitative estimate of drug-likeness (QED) is 0.541. The third kappa shape index (κ3) is 4.74. The summed E-state index contributed by atoms with van der Waals surface area (Å²) in [4.78, 5) is 10.5. The number of hydrogen-bond donors (Lipinski definition) is 1. The number of aliphatic hydroxyl groups is 1. The lowest BCUT2D eigenvalue weighted by Gasteiger charge is -2.05. The molecule has 1 atom stereocenters. The van der Waals surface area contributed by atoms with E-state index in [1.807, 2.05) is 0 Å². The van der Waals surface area contributed by atoms with Gasteiger partial charge in [0.25, 0.3) is 0 Å². The molecule has 0 amide bonds. The summed E-state index contributed by atoms with van der Waals surface area (Å²) >= 11 is 0. The molecule has 0 radical (unpaired) electrons. The van der Waals surface area contributed by atoms with Gasteiger partial charge in [-0.3, -0.25) is 0 Å². The van der Waals surface area contributed by atoms with Crippen molar-refractivity contribution in [2.75, 3.05) is 19.1 Å². The maximum Gasteiger partial charge on any atom is 0.335 e. The van der Waals surface area contributed by atoms with Gasteiger partial charge in [-0.1, -0.05) is 0 Å². The van der Waals surface area contributed by atoms with Crippen molar-refractivity contribution >= 4 is 15.8 Å². The second kappa shape index (κ2) is 3.68. The molecule has 0 aromatic rings. The molecule has 1 unspecified atom stereocenters. The van der Waals surface area contributed by atoms with E-state index in [9.17, 15) is 13.2 Å². The number of sulfone groups is 1. The van der Waals surface area contributed by atoms with Gasteiger partial charge in [0.1, 0.15) is 0 Å². The van der Waals surface area contributed by atoms with Crippen LogP contribution in [0.4, 0.5) is 0 Å². The van der Waals surface area contributed by atoms with E-state index in [4.69, 9.17) is 5.11 Å². The summed E-state index contributed by atoms with van der Waals surface area (Å²) in [6, 6.07) is 0. The molecule has 0 rings (SSSR count). The average Bonchev–Trinajstić information content (AvgIpc) is 1.82. The Bertz CT molecular complexity index is 229. The molecule has 0 spiro atoms. The maximum atomic E-state index is 10.5. The van der Waals surface area contributed by atoms with Gasteiger partial charge in [-0.2, -0.15) is 0 Å². The number of carbonyl (C=O) groups is 1. The standard InChI is InChI=1S/C5H10O5S/c1-10-5(7)4(6)3-11(2,8)9/h4,6H,3H2,1-2H3. The Kier molecular flexibility index (Phi) is 3.47. The Morgan fingerprint density at radius 3 is 2.36 bits per heavy atom. The van der Waals surface area contributed by atoms with Crippen LogP contribution >= 0.6 is 0 Å². The molecule has 1 N–H and O–H groups in total. The van der Waals surface area contributed by atoms with Crippen molar-refractivity contribution in [2.45, 2.75) is 6.10 Å². The van der Waals surface area contributed by atoms with Gasteiger partial charge in [0.15, 0.2) is 15.9 Å². The molecular formula is C5H10O5S. The lowest BCUT2D eigenvalue weighted by molar-refractivity contribution is -0.149. The molecule has 0 saturated heterocycles. The fraction of sp³-hybridized carbons (Fsp3) is 0.800. The normalized spacial score (nSPS) is 14.1. The van der Waals surface area contributed by atoms with Crippen molar-refractivity contribution < 1.29 is 23.1 Å². The van der Waals surface area contributed by atoms with Crippen molar-refractivity contribution in [2.24, 2.45) is 0 Å². The van der Waals surface area contributed by atoms with Gasteiger partial charge in [-0.05, 0) is 0 Å². The van der Waals surface area contributed by atoms with E-state index in [1.54, 1.807) is 0 Å². The summed E-state index contributed by atoms with van der Waals surface area (Å²) in [5.74, 6) is -1.53. The molecule has 66 valence electrons. The Balaban J connectivity index is 4.09. The van der Waals surface area contributed by atoms with Gasteiger partial charge in [0.05, 0.1) is 12.9 Å². The van der Waals surface area contributed by atoms with E-state index in [2.05, 4.69) is 4.74 Å². The summed E-state index contributed by atoms with van der Waals surface area (Å²) in [6.45, 7) is 0. The molecule has 0 aliphatic carbocycles. The molecule has 0 heterocycles. The van der Waals surface area contributed by atoms with Crippen LogP contribution in [0.5, 0.6) is 0 Å². The van der Waals surface area contributed by atoms with E-state index in [-0.39, 0.29) is 0 Å². The first-order valence-electron chi connectivity index (χ1n) is 2.80. The Labute approximate surface area is 64.9 Å². The number of rotatable bonds is 3. The Morgan fingerprint density at radius 2 is 2.09 bits per heavy atom. The lowest BCUT2D eigenvalue weighted by Crippen LogP contribution is -2.29. The minimum Gasteiger partial charge on any atom is -0.467 e. The number of aliphatic hydroxyl groups excluding tert-OH is 1. The monoisotopic (exact) mass is 182 g/mol. The van der Waals surface area contributed by atoms with Crippen molar-refractivity contribution in [3.63, 3.8) is 0 Å². The summed E-state index contributed by atoms with van der Waals surface area (Å²) in [5, 5.41) is 8.80. The van der Waals surface area contributed by atoms with Crippen LogP contribution in [0.2, 0.25) is 0 Å². The SMILES string of the molecule is COC(=O)C(O)CS(C)(=O)=O. The van der Waals surface area contributed by atoms with Crippen LogP contribution in [-0.2, 0) is 19.4 Å². The van der Waals surface area contributed by atoms with E-state index in [1.165, 1.54) is 0 Å². The van der Waals surface area contributed by atoms with Gasteiger partial charge in [-0.15, -0.1) is 0 Å². The van der Waals surface area contributed by atoms with Gasteiger partial charge in [-0.25, -0.2) is 13.2 Å². The van der Waals surface area contributed by atoms with Crippen LogP contribution < -0.4 is 0 Å². The molecule has 6 heteroatoms. The van der Waals surface area contributed by atoms with Crippen molar-refractivity contribution in [1.29, 1.82) is 0 Å². The second-order valence-corrected chi connectivity index (χ2v) is 4.32. The first kappa shape index (κ1) is 10.4. The minimum absolute atomic E-state index is 0.598. The fourth-order valence-corrected chi connectivity index (χ4v) is 1.20. The molecule has 0 aliphatic heterocycles. The smallest absolute Gasteiger partial charge is 0.335 e. The number of methoxy groups -OCH3 is 1. The highest BCUT2D eigenvalue weighted by Crippen LogP contribution is 1.92. The highest BCUT2D eigenvalue weighted by atomic mass is 32.2. The van der Waals surface area contributed by atoms with E-state index in [0.29, 0.717) is 0 Å². The molecule has 0 saturated carbocycles. The first-order valence-corrected chi connectivity index (χ1v) is 4.86. The van der Waals surface area contributed by atoms with Crippen molar-refractivity contribution in [3.05, 3.63) is 0 Å². The van der Waals surface area contributed by atoms with Gasteiger partial charge in [0.2, 0.25) is 0 Å². The summed E-state index contributed by atoms with van der Waals surface area (Å²) in [7, 11) is -2.25. The minimum atomic E-state index is -3.33. The number of carbonyl (C=O) groups excluding carboxylic acids is 1. The third-order valence-corrected chi connectivity index (χ3v) is 1.86. The summed E-state index contributed by atoms with van der Waals surface area (Å²) in [6.07, 6.45) is -0.644. The highest BCUT2D eigenvalue weighted by molar-refractivity contribution is 7.90. The summed E-state index contributed by atoms with van der Waals surface area (Å²) in [5.41, 5.74) is 0. The molecule has 0 aliphatic rings. The molecule has 0 aromatic heterocycles. The number of hydrogen-bond acceptors (Lipinski definition) is 5. The highest BCUT2D eigenvalue weighted by Gasteiger charge is 2.20. The zero-order valence-corrected chi connectivity index (χ0v) is 7.09. The van der Waals surface area contributed by atoms with Crippen LogP contribution in [0.15, 0.2) is 0 Å². The average molecular weight is 182 g/mol. The number of ether oxygens (including phenoxy) is 1. The molecule has 0 fully saturated rings. The predicted octanol–water partition coefficient (Wildman–Crippen LogP) is -1.44. The lowest BCUT2D eigenvalue weighted by atomic mass is 10.4. The van der Waals surface area contributed by atoms with Crippen LogP contribution in [0, 0.1) is 0 Å². The summed E-state index contributed by atoms with van der Waals surface area (Å²) < 4.78 is 25.1. The van der Waals surface area contributed by atoms with E-state index in [0.717, 1.165) is 13.4 Å². The van der Waals surface area contributed by atoms with Crippen LogP contribution in [0.3, 0.4) is 0 Å². The van der Waals surface area contributed by atoms with E-state index < -0.39 is 27.7 Å². The third-order valence-electron chi connectivity index (χ3n) is 0.934. The second-order valence-electron chi connectivity index (χ2n) is 2.13. The predicted molar refractivity (Wildman–Crippen MR) is 37.7 cm³/mol. The van der Waals surface area contributed by atoms with Gasteiger partial charge >= 0.3 is 5.97 Å². The van der Waals surface area contributed by atoms with Gasteiger partial charge in [0, 0.05) is 6.26 Å².